The molecule has 1 aromatic carbocycles. The number of nitrogens with one attached hydrogen (secondary N) is 1. The highest BCUT2D eigenvalue weighted by atomic mass is 16.5. The lowest BCUT2D eigenvalue weighted by Crippen LogP contribution is -2.34. The Kier molecular flexibility index (Phi) is 7.92. The van der Waals surface area contributed by atoms with Gasteiger partial charge in [-0.25, -0.2) is 0 Å². The highest BCUT2D eigenvalue weighted by Crippen LogP contribution is 2.14. The molecule has 0 aliphatic rings. The van der Waals surface area contributed by atoms with Crippen molar-refractivity contribution in [3.63, 3.8) is 0 Å². The number of ether oxygens (including phenoxy) is 1. The third-order valence-electron chi connectivity index (χ3n) is 3.36. The van der Waals surface area contributed by atoms with E-state index in [1.54, 1.807) is 7.05 Å². The van der Waals surface area contributed by atoms with Crippen LogP contribution in [-0.4, -0.2) is 30.3 Å². The molecular formula is C16H25NO3. The first-order valence-electron chi connectivity index (χ1n) is 7.23. The van der Waals surface area contributed by atoms with Crippen LogP contribution in [0.1, 0.15) is 38.2 Å². The Balaban J connectivity index is 2.41. The Labute approximate surface area is 121 Å². The number of hydrogen-bond donors (Lipinski definition) is 2. The van der Waals surface area contributed by atoms with Crippen molar-refractivity contribution in [2.45, 2.75) is 51.4 Å². The fraction of sp³-hybridized carbons (Fsp3) is 0.562. The minimum Gasteiger partial charge on any atom is -0.480 e. The molecule has 20 heavy (non-hydrogen) atoms. The number of aliphatic carboxylic acids is 1. The van der Waals surface area contributed by atoms with Crippen molar-refractivity contribution < 1.29 is 14.6 Å². The van der Waals surface area contributed by atoms with E-state index >= 15 is 0 Å². The number of likely N-dealkylation sites (N-methyl/N-ethyl adjacent to an activating group) is 1. The maximum absolute atomic E-state index is 11.0. The van der Waals surface area contributed by atoms with Gasteiger partial charge in [-0.1, -0.05) is 43.7 Å². The van der Waals surface area contributed by atoms with Gasteiger partial charge in [-0.2, -0.15) is 0 Å². The van der Waals surface area contributed by atoms with Crippen LogP contribution in [-0.2, 0) is 16.1 Å². The van der Waals surface area contributed by atoms with Gasteiger partial charge in [-0.05, 0) is 31.9 Å². The fourth-order valence-electron chi connectivity index (χ4n) is 2.17. The predicted molar refractivity (Wildman–Crippen MR) is 79.6 cm³/mol. The average Bonchev–Trinajstić information content (AvgIpc) is 2.46. The molecule has 0 aliphatic heterocycles. The van der Waals surface area contributed by atoms with Crippen molar-refractivity contribution in [2.75, 3.05) is 7.05 Å². The van der Waals surface area contributed by atoms with Gasteiger partial charge in [0.25, 0.3) is 0 Å². The zero-order chi connectivity index (χ0) is 14.8. The highest BCUT2D eigenvalue weighted by molar-refractivity contribution is 5.73. The monoisotopic (exact) mass is 279 g/mol. The first-order chi connectivity index (χ1) is 9.67. The van der Waals surface area contributed by atoms with Crippen LogP contribution in [0.5, 0.6) is 0 Å². The van der Waals surface area contributed by atoms with Gasteiger partial charge >= 0.3 is 5.97 Å². The van der Waals surface area contributed by atoms with Gasteiger partial charge in [-0.3, -0.25) is 4.79 Å². The van der Waals surface area contributed by atoms with Crippen LogP contribution < -0.4 is 5.32 Å². The molecule has 1 aromatic rings. The summed E-state index contributed by atoms with van der Waals surface area (Å²) in [6, 6.07) is 9.56. The summed E-state index contributed by atoms with van der Waals surface area (Å²) in [5.41, 5.74) is 1.15. The first kappa shape index (κ1) is 16.7. The Hall–Kier alpha value is -1.39. The Morgan fingerprint density at radius 2 is 1.95 bits per heavy atom. The van der Waals surface area contributed by atoms with E-state index in [1.165, 1.54) is 0 Å². The molecule has 1 rings (SSSR count). The Bertz CT molecular complexity index is 381. The molecule has 0 saturated heterocycles. The third kappa shape index (κ3) is 6.17. The van der Waals surface area contributed by atoms with E-state index < -0.39 is 12.0 Å². The lowest BCUT2D eigenvalue weighted by atomic mass is 10.0. The summed E-state index contributed by atoms with van der Waals surface area (Å²) in [5, 5.41) is 11.8. The summed E-state index contributed by atoms with van der Waals surface area (Å²) in [5.74, 6) is -0.800. The van der Waals surface area contributed by atoms with E-state index in [1.807, 2.05) is 30.3 Å². The lowest BCUT2D eigenvalue weighted by molar-refractivity contribution is -0.139. The van der Waals surface area contributed by atoms with Crippen molar-refractivity contribution in [3.05, 3.63) is 35.9 Å². The zero-order valence-electron chi connectivity index (χ0n) is 12.3. The standard InChI is InChI=1S/C16H25NO3/c1-3-7-14(10-11-15(17-2)16(18)19)20-12-13-8-5-4-6-9-13/h4-6,8-9,14-15,17H,3,7,10-12H2,1-2H3,(H,18,19). The maximum Gasteiger partial charge on any atom is 0.320 e. The van der Waals surface area contributed by atoms with Gasteiger partial charge in [-0.15, -0.1) is 0 Å². The highest BCUT2D eigenvalue weighted by Gasteiger charge is 2.17. The average molecular weight is 279 g/mol. The summed E-state index contributed by atoms with van der Waals surface area (Å²) >= 11 is 0. The van der Waals surface area contributed by atoms with Crippen LogP contribution in [0, 0.1) is 0 Å². The second kappa shape index (κ2) is 9.50. The number of rotatable bonds is 10. The van der Waals surface area contributed by atoms with Crippen molar-refractivity contribution in [2.24, 2.45) is 0 Å². The van der Waals surface area contributed by atoms with E-state index in [2.05, 4.69) is 12.2 Å². The van der Waals surface area contributed by atoms with Crippen molar-refractivity contribution in [1.29, 1.82) is 0 Å². The third-order valence-corrected chi connectivity index (χ3v) is 3.36. The Morgan fingerprint density at radius 1 is 1.25 bits per heavy atom. The molecule has 0 heterocycles. The molecule has 0 spiro atoms. The fourth-order valence-corrected chi connectivity index (χ4v) is 2.17. The molecule has 0 bridgehead atoms. The summed E-state index contributed by atoms with van der Waals surface area (Å²) in [4.78, 5) is 11.0. The van der Waals surface area contributed by atoms with Gasteiger partial charge in [0.05, 0.1) is 12.7 Å². The van der Waals surface area contributed by atoms with Crippen LogP contribution in [0.2, 0.25) is 0 Å². The number of benzene rings is 1. The smallest absolute Gasteiger partial charge is 0.320 e. The van der Waals surface area contributed by atoms with Crippen LogP contribution in [0.3, 0.4) is 0 Å². The number of hydrogen-bond acceptors (Lipinski definition) is 3. The molecular weight excluding hydrogens is 254 g/mol. The number of carboxylic acid groups (broad SMARTS) is 1. The molecule has 0 aromatic heterocycles. The maximum atomic E-state index is 11.0. The largest absolute Gasteiger partial charge is 0.480 e. The van der Waals surface area contributed by atoms with E-state index in [0.29, 0.717) is 13.0 Å². The number of carbonyl (C=O) groups is 1. The second-order valence-electron chi connectivity index (χ2n) is 4.96. The van der Waals surface area contributed by atoms with E-state index in [4.69, 9.17) is 9.84 Å². The van der Waals surface area contributed by atoms with Crippen molar-refractivity contribution in [1.82, 2.24) is 5.32 Å². The second-order valence-corrected chi connectivity index (χ2v) is 4.96. The molecule has 0 radical (unpaired) electrons. The molecule has 4 heteroatoms. The summed E-state index contributed by atoms with van der Waals surface area (Å²) < 4.78 is 5.92. The normalized spacial score (nSPS) is 13.9. The number of carboxylic acids is 1. The van der Waals surface area contributed by atoms with Crippen molar-refractivity contribution >= 4 is 5.97 Å². The van der Waals surface area contributed by atoms with E-state index in [-0.39, 0.29) is 6.10 Å². The van der Waals surface area contributed by atoms with Crippen LogP contribution in [0.25, 0.3) is 0 Å². The molecule has 112 valence electrons. The molecule has 2 atom stereocenters. The molecule has 0 fully saturated rings. The first-order valence-corrected chi connectivity index (χ1v) is 7.23. The lowest BCUT2D eigenvalue weighted by Gasteiger charge is -2.19. The van der Waals surface area contributed by atoms with Gasteiger partial charge in [0.1, 0.15) is 6.04 Å². The van der Waals surface area contributed by atoms with E-state index in [0.717, 1.165) is 24.8 Å². The molecule has 0 amide bonds. The molecule has 2 unspecified atom stereocenters. The van der Waals surface area contributed by atoms with E-state index in [9.17, 15) is 4.79 Å². The quantitative estimate of drug-likeness (QED) is 0.691. The van der Waals surface area contributed by atoms with Crippen LogP contribution in [0.4, 0.5) is 0 Å². The van der Waals surface area contributed by atoms with Crippen LogP contribution >= 0.6 is 0 Å². The summed E-state index contributed by atoms with van der Waals surface area (Å²) in [6.45, 7) is 2.70. The summed E-state index contributed by atoms with van der Waals surface area (Å²) in [7, 11) is 1.68. The zero-order valence-corrected chi connectivity index (χ0v) is 12.3. The van der Waals surface area contributed by atoms with Crippen LogP contribution in [0.15, 0.2) is 30.3 Å². The molecule has 2 N–H and O–H groups in total. The van der Waals surface area contributed by atoms with Gasteiger partial charge in [0.15, 0.2) is 0 Å². The van der Waals surface area contributed by atoms with Gasteiger partial charge < -0.3 is 15.2 Å². The minimum atomic E-state index is -0.800. The predicted octanol–water partition coefficient (Wildman–Crippen LogP) is 2.82. The topological polar surface area (TPSA) is 58.6 Å². The van der Waals surface area contributed by atoms with Gasteiger partial charge in [0, 0.05) is 0 Å². The SMILES string of the molecule is CCCC(CCC(NC)C(=O)O)OCc1ccccc1. The Morgan fingerprint density at radius 3 is 2.50 bits per heavy atom. The minimum absolute atomic E-state index is 0.121. The molecule has 0 saturated carbocycles. The molecule has 0 aliphatic carbocycles. The molecule has 4 nitrogen and oxygen atoms in total. The summed E-state index contributed by atoms with van der Waals surface area (Å²) in [6.07, 6.45) is 3.47. The van der Waals surface area contributed by atoms with Gasteiger partial charge in [0.2, 0.25) is 0 Å². The van der Waals surface area contributed by atoms with Crippen molar-refractivity contribution in [3.8, 4) is 0 Å².